The van der Waals surface area contributed by atoms with E-state index in [1.165, 1.54) is 6.07 Å². The first-order valence-corrected chi connectivity index (χ1v) is 7.08. The van der Waals surface area contributed by atoms with Crippen LogP contribution in [0.25, 0.3) is 0 Å². The Morgan fingerprint density at radius 3 is 2.80 bits per heavy atom. The minimum Gasteiger partial charge on any atom is -0.423 e. The Hall–Kier alpha value is -0.945. The number of nitrogens with zero attached hydrogens (tertiary/aromatic N) is 1. The molecule has 1 heterocycles. The maximum absolute atomic E-state index is 13.9. The van der Waals surface area contributed by atoms with Crippen LogP contribution in [0.1, 0.15) is 25.3 Å². The summed E-state index contributed by atoms with van der Waals surface area (Å²) in [6, 6.07) is 4.34. The monoisotopic (exact) mass is 281 g/mol. The molecule has 1 saturated heterocycles. The number of rotatable bonds is 6. The number of hydrogen-bond donors (Lipinski definition) is 2. The Morgan fingerprint density at radius 2 is 2.25 bits per heavy atom. The van der Waals surface area contributed by atoms with Crippen molar-refractivity contribution in [2.45, 2.75) is 32.4 Å². The van der Waals surface area contributed by atoms with Crippen molar-refractivity contribution in [3.63, 3.8) is 0 Å². The summed E-state index contributed by atoms with van der Waals surface area (Å²) in [5.41, 5.74) is 0.739. The molecule has 1 unspecified atom stereocenters. The van der Waals surface area contributed by atoms with Crippen molar-refractivity contribution in [3.8, 4) is 0 Å². The van der Waals surface area contributed by atoms with Gasteiger partial charge in [-0.1, -0.05) is 19.1 Å². The zero-order valence-corrected chi connectivity index (χ0v) is 11.8. The molecule has 0 spiro atoms. The van der Waals surface area contributed by atoms with Crippen molar-refractivity contribution in [1.82, 2.24) is 4.90 Å². The molecule has 0 amide bonds. The molecular formula is C14H21BFNO3. The molecule has 0 aliphatic carbocycles. The molecule has 110 valence electrons. The molecule has 1 aliphatic heterocycles. The summed E-state index contributed by atoms with van der Waals surface area (Å²) in [6.07, 6.45) is 2.41. The Bertz CT molecular complexity index is 438. The highest BCUT2D eigenvalue weighted by molar-refractivity contribution is 6.58. The quantitative estimate of drug-likeness (QED) is 0.746. The van der Waals surface area contributed by atoms with E-state index in [1.807, 2.05) is 6.92 Å². The lowest BCUT2D eigenvalue weighted by atomic mass is 9.80. The molecule has 0 aromatic heterocycles. The van der Waals surface area contributed by atoms with Crippen LogP contribution in [0, 0.1) is 5.82 Å². The third-order valence-electron chi connectivity index (χ3n) is 3.70. The van der Waals surface area contributed by atoms with Crippen molar-refractivity contribution in [2.24, 2.45) is 0 Å². The van der Waals surface area contributed by atoms with Crippen LogP contribution in [0.15, 0.2) is 18.2 Å². The van der Waals surface area contributed by atoms with Gasteiger partial charge in [-0.2, -0.15) is 0 Å². The Labute approximate surface area is 119 Å². The van der Waals surface area contributed by atoms with Gasteiger partial charge in [-0.15, -0.1) is 0 Å². The van der Waals surface area contributed by atoms with Crippen LogP contribution < -0.4 is 5.46 Å². The highest BCUT2D eigenvalue weighted by atomic mass is 19.1. The lowest BCUT2D eigenvalue weighted by Gasteiger charge is -2.24. The highest BCUT2D eigenvalue weighted by Crippen LogP contribution is 2.15. The summed E-state index contributed by atoms with van der Waals surface area (Å²) in [6.45, 7) is 4.99. The first-order valence-electron chi connectivity index (χ1n) is 7.08. The molecule has 1 aromatic rings. The molecule has 0 radical (unpaired) electrons. The molecule has 4 nitrogen and oxygen atoms in total. The maximum Gasteiger partial charge on any atom is 0.488 e. The lowest BCUT2D eigenvalue weighted by molar-refractivity contribution is 0.0721. The Morgan fingerprint density at radius 1 is 1.45 bits per heavy atom. The molecule has 6 heteroatoms. The molecule has 1 aromatic carbocycles. The molecule has 20 heavy (non-hydrogen) atoms. The predicted molar refractivity (Wildman–Crippen MR) is 76.2 cm³/mol. The van der Waals surface area contributed by atoms with Gasteiger partial charge in [0.1, 0.15) is 5.82 Å². The fraction of sp³-hybridized carbons (Fsp3) is 0.571. The van der Waals surface area contributed by atoms with Gasteiger partial charge in [0.05, 0.1) is 6.10 Å². The van der Waals surface area contributed by atoms with Crippen molar-refractivity contribution >= 4 is 12.6 Å². The third-order valence-corrected chi connectivity index (χ3v) is 3.70. The van der Waals surface area contributed by atoms with E-state index in [-0.39, 0.29) is 11.6 Å². The van der Waals surface area contributed by atoms with Gasteiger partial charge < -0.3 is 14.8 Å². The zero-order chi connectivity index (χ0) is 14.5. The summed E-state index contributed by atoms with van der Waals surface area (Å²) in [4.78, 5) is 2.14. The topological polar surface area (TPSA) is 52.9 Å². The van der Waals surface area contributed by atoms with Crippen molar-refractivity contribution in [1.29, 1.82) is 0 Å². The second-order valence-electron chi connectivity index (χ2n) is 5.19. The van der Waals surface area contributed by atoms with Gasteiger partial charge in [-0.3, -0.25) is 4.90 Å². The predicted octanol–water partition coefficient (Wildman–Crippen LogP) is 0.506. The van der Waals surface area contributed by atoms with Crippen LogP contribution in [-0.4, -0.2) is 47.9 Å². The molecule has 1 atom stereocenters. The summed E-state index contributed by atoms with van der Waals surface area (Å²) in [5, 5.41) is 18.0. The zero-order valence-electron chi connectivity index (χ0n) is 11.8. The van der Waals surface area contributed by atoms with E-state index in [2.05, 4.69) is 4.90 Å². The van der Waals surface area contributed by atoms with Crippen LogP contribution in [0.2, 0.25) is 0 Å². The van der Waals surface area contributed by atoms with E-state index in [4.69, 9.17) is 14.8 Å². The molecule has 2 N–H and O–H groups in total. The molecular weight excluding hydrogens is 260 g/mol. The molecule has 0 saturated carbocycles. The fourth-order valence-corrected chi connectivity index (χ4v) is 2.48. The molecule has 1 aliphatic rings. The van der Waals surface area contributed by atoms with Gasteiger partial charge in [0.15, 0.2) is 0 Å². The normalized spacial score (nSPS) is 18.8. The average molecular weight is 281 g/mol. The summed E-state index contributed by atoms with van der Waals surface area (Å²) < 4.78 is 19.5. The second-order valence-corrected chi connectivity index (χ2v) is 5.19. The number of likely N-dealkylation sites (N-methyl/N-ethyl adjacent to an activating group) is 1. The standard InChI is InChI=1S/C14H21BFNO3/c1-2-17(10-13-4-3-7-20-13)9-11-5-6-12(15(18)19)8-14(11)16/h5-6,8,13,18-19H,2-4,7,9-10H2,1H3. The fourth-order valence-electron chi connectivity index (χ4n) is 2.48. The Kier molecular flexibility index (Phi) is 5.54. The van der Waals surface area contributed by atoms with Gasteiger partial charge in [-0.05, 0) is 30.9 Å². The van der Waals surface area contributed by atoms with Gasteiger partial charge in [0.25, 0.3) is 0 Å². The first-order chi connectivity index (χ1) is 9.60. The molecule has 1 fully saturated rings. The van der Waals surface area contributed by atoms with Crippen LogP contribution in [0.5, 0.6) is 0 Å². The van der Waals surface area contributed by atoms with Crippen molar-refractivity contribution < 1.29 is 19.2 Å². The summed E-state index contributed by atoms with van der Waals surface area (Å²) >= 11 is 0. The van der Waals surface area contributed by atoms with Gasteiger partial charge >= 0.3 is 7.12 Å². The van der Waals surface area contributed by atoms with Crippen molar-refractivity contribution in [2.75, 3.05) is 19.7 Å². The lowest BCUT2D eigenvalue weighted by Crippen LogP contribution is -2.33. The first kappa shape index (κ1) is 15.4. The second kappa shape index (κ2) is 7.17. The Balaban J connectivity index is 1.99. The van der Waals surface area contributed by atoms with E-state index in [1.54, 1.807) is 12.1 Å². The van der Waals surface area contributed by atoms with E-state index in [9.17, 15) is 4.39 Å². The van der Waals surface area contributed by atoms with E-state index in [0.29, 0.717) is 12.1 Å². The van der Waals surface area contributed by atoms with Crippen LogP contribution in [0.3, 0.4) is 0 Å². The van der Waals surface area contributed by atoms with Gasteiger partial charge in [0.2, 0.25) is 0 Å². The highest BCUT2D eigenvalue weighted by Gasteiger charge is 2.20. The largest absolute Gasteiger partial charge is 0.488 e. The number of hydrogen-bond acceptors (Lipinski definition) is 4. The maximum atomic E-state index is 13.9. The van der Waals surface area contributed by atoms with Crippen LogP contribution in [0.4, 0.5) is 4.39 Å². The van der Waals surface area contributed by atoms with Gasteiger partial charge in [0, 0.05) is 25.3 Å². The summed E-state index contributed by atoms with van der Waals surface area (Å²) in [5.74, 6) is -0.401. The SMILES string of the molecule is CCN(Cc1ccc(B(O)O)cc1F)CC1CCCO1. The van der Waals surface area contributed by atoms with E-state index < -0.39 is 12.9 Å². The van der Waals surface area contributed by atoms with Gasteiger partial charge in [-0.25, -0.2) is 4.39 Å². The van der Waals surface area contributed by atoms with Crippen molar-refractivity contribution in [3.05, 3.63) is 29.6 Å². The number of halogens is 1. The number of ether oxygens (including phenoxy) is 1. The van der Waals surface area contributed by atoms with Crippen LogP contribution >= 0.6 is 0 Å². The minimum absolute atomic E-state index is 0.174. The average Bonchev–Trinajstić information content (AvgIpc) is 2.92. The molecule has 2 rings (SSSR count). The summed E-state index contributed by atoms with van der Waals surface area (Å²) in [7, 11) is -1.63. The minimum atomic E-state index is -1.63. The smallest absolute Gasteiger partial charge is 0.423 e. The molecule has 0 bridgehead atoms. The number of benzene rings is 1. The van der Waals surface area contributed by atoms with Crippen LogP contribution in [-0.2, 0) is 11.3 Å². The van der Waals surface area contributed by atoms with E-state index in [0.717, 1.165) is 32.5 Å². The third kappa shape index (κ3) is 4.02. The van der Waals surface area contributed by atoms with E-state index >= 15 is 0 Å².